The molecule has 1 aliphatic heterocycles. The van der Waals surface area contributed by atoms with Gasteiger partial charge >= 0.3 is 0 Å². The van der Waals surface area contributed by atoms with E-state index in [0.29, 0.717) is 44.2 Å². The van der Waals surface area contributed by atoms with Crippen LogP contribution in [-0.2, 0) is 11.3 Å². The maximum absolute atomic E-state index is 10.5. The molecule has 2 aromatic carbocycles. The normalized spacial score (nSPS) is 16.8. The molecule has 2 aromatic rings. The average molecular weight is 348 g/mol. The molecule has 0 spiro atoms. The SMILES string of the molecule is OC1(CNCc2c(Cl)cccc2Oc2ccccc2)CCOCC1. The maximum Gasteiger partial charge on any atom is 0.133 e. The number of rotatable bonds is 6. The van der Waals surface area contributed by atoms with Crippen molar-refractivity contribution in [3.8, 4) is 11.5 Å². The van der Waals surface area contributed by atoms with E-state index < -0.39 is 5.60 Å². The third-order valence-corrected chi connectivity index (χ3v) is 4.58. The first-order valence-corrected chi connectivity index (χ1v) is 8.55. The van der Waals surface area contributed by atoms with Crippen molar-refractivity contribution in [2.24, 2.45) is 0 Å². The number of halogens is 1. The number of nitrogens with one attached hydrogen (secondary N) is 1. The standard InChI is InChI=1S/C19H22ClNO3/c20-17-7-4-8-18(24-15-5-2-1-3-6-15)16(17)13-21-14-19(22)9-11-23-12-10-19/h1-8,21-22H,9-14H2. The van der Waals surface area contributed by atoms with Crippen LogP contribution in [-0.4, -0.2) is 30.5 Å². The summed E-state index contributed by atoms with van der Waals surface area (Å²) in [6.07, 6.45) is 1.30. The molecule has 5 heteroatoms. The predicted octanol–water partition coefficient (Wildman–Crippen LogP) is 3.76. The van der Waals surface area contributed by atoms with Crippen molar-refractivity contribution in [1.82, 2.24) is 5.32 Å². The molecule has 0 aromatic heterocycles. The van der Waals surface area contributed by atoms with Gasteiger partial charge in [0, 0.05) is 49.7 Å². The number of benzene rings is 2. The first-order chi connectivity index (χ1) is 11.7. The summed E-state index contributed by atoms with van der Waals surface area (Å²) in [4.78, 5) is 0. The van der Waals surface area contributed by atoms with Gasteiger partial charge in [-0.2, -0.15) is 0 Å². The van der Waals surface area contributed by atoms with E-state index in [1.807, 2.05) is 48.5 Å². The Balaban J connectivity index is 1.66. The van der Waals surface area contributed by atoms with Crippen LogP contribution < -0.4 is 10.1 Å². The third kappa shape index (κ3) is 4.48. The summed E-state index contributed by atoms with van der Waals surface area (Å²) in [5.74, 6) is 1.49. The maximum atomic E-state index is 10.5. The minimum absolute atomic E-state index is 0.506. The highest BCUT2D eigenvalue weighted by atomic mass is 35.5. The van der Waals surface area contributed by atoms with Crippen molar-refractivity contribution in [3.63, 3.8) is 0 Å². The summed E-state index contributed by atoms with van der Waals surface area (Å²) in [7, 11) is 0. The van der Waals surface area contributed by atoms with Crippen LogP contribution in [0.1, 0.15) is 18.4 Å². The van der Waals surface area contributed by atoms with Gasteiger partial charge in [0.1, 0.15) is 11.5 Å². The Morgan fingerprint density at radius 2 is 1.83 bits per heavy atom. The molecular weight excluding hydrogens is 326 g/mol. The van der Waals surface area contributed by atoms with Crippen molar-refractivity contribution in [1.29, 1.82) is 0 Å². The number of hydrogen-bond acceptors (Lipinski definition) is 4. The molecule has 4 nitrogen and oxygen atoms in total. The van der Waals surface area contributed by atoms with Gasteiger partial charge in [-0.3, -0.25) is 0 Å². The molecule has 128 valence electrons. The van der Waals surface area contributed by atoms with Gasteiger partial charge in [-0.1, -0.05) is 35.9 Å². The van der Waals surface area contributed by atoms with Crippen LogP contribution in [0.2, 0.25) is 5.02 Å². The van der Waals surface area contributed by atoms with E-state index in [9.17, 15) is 5.11 Å². The molecule has 3 rings (SSSR count). The first kappa shape index (κ1) is 17.2. The molecule has 0 bridgehead atoms. The second kappa shape index (κ2) is 7.99. The van der Waals surface area contributed by atoms with Crippen LogP contribution in [0.5, 0.6) is 11.5 Å². The van der Waals surface area contributed by atoms with Gasteiger partial charge in [0.15, 0.2) is 0 Å². The minimum Gasteiger partial charge on any atom is -0.457 e. The molecule has 1 aliphatic rings. The van der Waals surface area contributed by atoms with Crippen molar-refractivity contribution in [2.75, 3.05) is 19.8 Å². The van der Waals surface area contributed by atoms with Crippen LogP contribution in [0, 0.1) is 0 Å². The molecule has 0 amide bonds. The minimum atomic E-state index is -0.708. The first-order valence-electron chi connectivity index (χ1n) is 8.17. The molecular formula is C19H22ClNO3. The van der Waals surface area contributed by atoms with Gasteiger partial charge < -0.3 is 19.9 Å². The number of para-hydroxylation sites is 1. The fourth-order valence-electron chi connectivity index (χ4n) is 2.77. The van der Waals surface area contributed by atoms with E-state index in [-0.39, 0.29) is 0 Å². The zero-order valence-corrected chi connectivity index (χ0v) is 14.3. The van der Waals surface area contributed by atoms with Crippen molar-refractivity contribution in [3.05, 3.63) is 59.1 Å². The molecule has 1 saturated heterocycles. The average Bonchev–Trinajstić information content (AvgIpc) is 2.59. The summed E-state index contributed by atoms with van der Waals surface area (Å²) < 4.78 is 11.3. The van der Waals surface area contributed by atoms with E-state index in [0.717, 1.165) is 17.1 Å². The molecule has 0 aliphatic carbocycles. The lowest BCUT2D eigenvalue weighted by molar-refractivity contribution is -0.0617. The monoisotopic (exact) mass is 347 g/mol. The van der Waals surface area contributed by atoms with Crippen molar-refractivity contribution in [2.45, 2.75) is 25.0 Å². The van der Waals surface area contributed by atoms with Gasteiger partial charge in [0.05, 0.1) is 5.60 Å². The molecule has 0 unspecified atom stereocenters. The van der Waals surface area contributed by atoms with Gasteiger partial charge in [-0.05, 0) is 24.3 Å². The Labute approximate surface area is 147 Å². The fourth-order valence-corrected chi connectivity index (χ4v) is 3.00. The van der Waals surface area contributed by atoms with Crippen LogP contribution in [0.3, 0.4) is 0 Å². The number of ether oxygens (including phenoxy) is 2. The molecule has 1 fully saturated rings. The van der Waals surface area contributed by atoms with Crippen molar-refractivity contribution >= 4 is 11.6 Å². The highest BCUT2D eigenvalue weighted by Crippen LogP contribution is 2.30. The predicted molar refractivity (Wildman–Crippen MR) is 94.7 cm³/mol. The summed E-state index contributed by atoms with van der Waals surface area (Å²) in [6.45, 7) is 2.25. The fraction of sp³-hybridized carbons (Fsp3) is 0.368. The van der Waals surface area contributed by atoms with E-state index in [1.165, 1.54) is 0 Å². The van der Waals surface area contributed by atoms with Gasteiger partial charge in [0.25, 0.3) is 0 Å². The Morgan fingerprint density at radius 1 is 1.08 bits per heavy atom. The smallest absolute Gasteiger partial charge is 0.133 e. The molecule has 1 heterocycles. The van der Waals surface area contributed by atoms with Crippen molar-refractivity contribution < 1.29 is 14.6 Å². The lowest BCUT2D eigenvalue weighted by Gasteiger charge is -2.32. The molecule has 0 radical (unpaired) electrons. The van der Waals surface area contributed by atoms with E-state index in [1.54, 1.807) is 0 Å². The number of hydrogen-bond donors (Lipinski definition) is 2. The summed E-state index contributed by atoms with van der Waals surface area (Å²) in [5.41, 5.74) is 0.179. The highest BCUT2D eigenvalue weighted by Gasteiger charge is 2.29. The van der Waals surface area contributed by atoms with Gasteiger partial charge in [-0.15, -0.1) is 0 Å². The largest absolute Gasteiger partial charge is 0.457 e. The highest BCUT2D eigenvalue weighted by molar-refractivity contribution is 6.31. The molecule has 2 N–H and O–H groups in total. The second-order valence-corrected chi connectivity index (χ2v) is 6.48. The lowest BCUT2D eigenvalue weighted by Crippen LogP contribution is -2.44. The zero-order chi connectivity index (χ0) is 16.8. The van der Waals surface area contributed by atoms with Gasteiger partial charge in [0.2, 0.25) is 0 Å². The number of aliphatic hydroxyl groups is 1. The van der Waals surface area contributed by atoms with E-state index >= 15 is 0 Å². The van der Waals surface area contributed by atoms with Crippen LogP contribution in [0.4, 0.5) is 0 Å². The van der Waals surface area contributed by atoms with E-state index in [4.69, 9.17) is 21.1 Å². The zero-order valence-electron chi connectivity index (χ0n) is 13.5. The van der Waals surface area contributed by atoms with Crippen LogP contribution >= 0.6 is 11.6 Å². The summed E-state index contributed by atoms with van der Waals surface area (Å²) in [5, 5.41) is 14.5. The Hall–Kier alpha value is -1.59. The quantitative estimate of drug-likeness (QED) is 0.835. The van der Waals surface area contributed by atoms with Gasteiger partial charge in [-0.25, -0.2) is 0 Å². The summed E-state index contributed by atoms with van der Waals surface area (Å²) in [6, 6.07) is 15.2. The Morgan fingerprint density at radius 3 is 2.58 bits per heavy atom. The molecule has 24 heavy (non-hydrogen) atoms. The Kier molecular flexibility index (Phi) is 5.74. The third-order valence-electron chi connectivity index (χ3n) is 4.23. The topological polar surface area (TPSA) is 50.7 Å². The Bertz CT molecular complexity index is 657. The summed E-state index contributed by atoms with van der Waals surface area (Å²) >= 11 is 6.35. The van der Waals surface area contributed by atoms with Crippen LogP contribution in [0.25, 0.3) is 0 Å². The van der Waals surface area contributed by atoms with Crippen LogP contribution in [0.15, 0.2) is 48.5 Å². The molecule has 0 atom stereocenters. The second-order valence-electron chi connectivity index (χ2n) is 6.07. The van der Waals surface area contributed by atoms with E-state index in [2.05, 4.69) is 5.32 Å². The lowest BCUT2D eigenvalue weighted by atomic mass is 9.94. The molecule has 0 saturated carbocycles.